The molecule has 0 saturated heterocycles. The Kier molecular flexibility index (Phi) is 3.47. The molecule has 0 fully saturated rings. The van der Waals surface area contributed by atoms with Gasteiger partial charge in [-0.2, -0.15) is 0 Å². The molecule has 1 aliphatic rings. The summed E-state index contributed by atoms with van der Waals surface area (Å²) in [5.41, 5.74) is 2.60. The van der Waals surface area contributed by atoms with Crippen molar-refractivity contribution in [3.8, 4) is 0 Å². The molecule has 2 heterocycles. The number of benzene rings is 1. The number of aromatic nitrogens is 2. The minimum absolute atomic E-state index is 0.0822. The maximum absolute atomic E-state index is 4.47. The zero-order valence-corrected chi connectivity index (χ0v) is 14.0. The number of imidazole rings is 1. The Morgan fingerprint density at radius 3 is 2.50 bits per heavy atom. The summed E-state index contributed by atoms with van der Waals surface area (Å²) in [6.07, 6.45) is 8.32. The van der Waals surface area contributed by atoms with Crippen LogP contribution in [-0.2, 0) is 12.6 Å². The molecule has 0 aliphatic carbocycles. The average molecular weight is 296 g/mol. The van der Waals surface area contributed by atoms with E-state index in [9.17, 15) is 0 Å². The van der Waals surface area contributed by atoms with Crippen molar-refractivity contribution in [3.05, 3.63) is 60.2 Å². The summed E-state index contributed by atoms with van der Waals surface area (Å²) in [5, 5.41) is 0. The Morgan fingerprint density at radius 2 is 1.86 bits per heavy atom. The molecule has 0 bridgehead atoms. The van der Waals surface area contributed by atoms with E-state index in [2.05, 4.69) is 79.1 Å². The summed E-state index contributed by atoms with van der Waals surface area (Å²) >= 11 is 0. The van der Waals surface area contributed by atoms with Gasteiger partial charge in [0.2, 0.25) is 5.95 Å². The molecule has 0 amide bonds. The fraction of sp³-hybridized carbons (Fsp3) is 0.389. The molecule has 116 valence electrons. The molecular formula is C18H24N4. The normalized spacial score (nSPS) is 18.3. The molecule has 1 aromatic heterocycles. The van der Waals surface area contributed by atoms with Gasteiger partial charge in [0.25, 0.3) is 0 Å². The third-order valence-electron chi connectivity index (χ3n) is 4.67. The van der Waals surface area contributed by atoms with Crippen LogP contribution in [0, 0.1) is 6.92 Å². The number of rotatable bonds is 3. The van der Waals surface area contributed by atoms with E-state index < -0.39 is 0 Å². The average Bonchev–Trinajstić information content (AvgIpc) is 3.05. The van der Waals surface area contributed by atoms with Gasteiger partial charge in [-0.15, -0.1) is 0 Å². The van der Waals surface area contributed by atoms with Crippen LogP contribution in [0.25, 0.3) is 0 Å². The maximum Gasteiger partial charge on any atom is 0.211 e. The predicted octanol–water partition coefficient (Wildman–Crippen LogP) is 3.60. The first-order valence-electron chi connectivity index (χ1n) is 7.71. The fourth-order valence-electron chi connectivity index (χ4n) is 3.42. The lowest BCUT2D eigenvalue weighted by Crippen LogP contribution is -2.47. The van der Waals surface area contributed by atoms with Crippen molar-refractivity contribution in [2.45, 2.75) is 39.4 Å². The van der Waals surface area contributed by atoms with Crippen molar-refractivity contribution < 1.29 is 0 Å². The summed E-state index contributed by atoms with van der Waals surface area (Å²) in [7, 11) is 2.03. The molecule has 2 aromatic rings. The van der Waals surface area contributed by atoms with Gasteiger partial charge >= 0.3 is 0 Å². The smallest absolute Gasteiger partial charge is 0.211 e. The van der Waals surface area contributed by atoms with E-state index in [0.717, 1.165) is 5.95 Å². The van der Waals surface area contributed by atoms with Gasteiger partial charge in [0.1, 0.15) is 6.17 Å². The van der Waals surface area contributed by atoms with Gasteiger partial charge < -0.3 is 9.47 Å². The molecule has 0 unspecified atom stereocenters. The van der Waals surface area contributed by atoms with E-state index in [-0.39, 0.29) is 11.7 Å². The van der Waals surface area contributed by atoms with Gasteiger partial charge in [0.05, 0.1) is 5.54 Å². The highest BCUT2D eigenvalue weighted by Crippen LogP contribution is 2.36. The molecule has 4 nitrogen and oxygen atoms in total. The zero-order valence-electron chi connectivity index (χ0n) is 14.0. The molecule has 4 heteroatoms. The molecule has 1 aliphatic heterocycles. The number of anilines is 1. The number of aryl methyl sites for hydroxylation is 2. The first-order chi connectivity index (χ1) is 10.4. The largest absolute Gasteiger partial charge is 0.347 e. The summed E-state index contributed by atoms with van der Waals surface area (Å²) in [5.74, 6) is 0.965. The second kappa shape index (κ2) is 5.20. The molecule has 0 N–H and O–H groups in total. The van der Waals surface area contributed by atoms with Crippen LogP contribution in [0.2, 0.25) is 0 Å². The predicted molar refractivity (Wildman–Crippen MR) is 90.3 cm³/mol. The molecule has 0 saturated carbocycles. The number of nitrogens with zero attached hydrogens (tertiary/aromatic N) is 4. The monoisotopic (exact) mass is 296 g/mol. The van der Waals surface area contributed by atoms with E-state index in [1.807, 2.05) is 24.0 Å². The fourth-order valence-corrected chi connectivity index (χ4v) is 3.42. The van der Waals surface area contributed by atoms with Gasteiger partial charge in [-0.25, -0.2) is 4.98 Å². The zero-order chi connectivity index (χ0) is 15.9. The van der Waals surface area contributed by atoms with E-state index in [1.165, 1.54) is 11.1 Å². The van der Waals surface area contributed by atoms with Crippen molar-refractivity contribution in [1.29, 1.82) is 0 Å². The topological polar surface area (TPSA) is 24.3 Å². The first-order valence-corrected chi connectivity index (χ1v) is 7.71. The lowest BCUT2D eigenvalue weighted by molar-refractivity contribution is 0.151. The number of hydrogen-bond donors (Lipinski definition) is 0. The molecule has 3 rings (SSSR count). The van der Waals surface area contributed by atoms with Gasteiger partial charge in [-0.1, -0.05) is 24.3 Å². The number of hydrogen-bond acceptors (Lipinski definition) is 3. The van der Waals surface area contributed by atoms with Crippen molar-refractivity contribution >= 4 is 5.95 Å². The van der Waals surface area contributed by atoms with Gasteiger partial charge in [-0.3, -0.25) is 4.90 Å². The Labute approximate surface area is 132 Å². The van der Waals surface area contributed by atoms with Gasteiger partial charge in [0.15, 0.2) is 0 Å². The van der Waals surface area contributed by atoms with Crippen molar-refractivity contribution in [2.75, 3.05) is 4.90 Å². The molecular weight excluding hydrogens is 272 g/mol. The highest BCUT2D eigenvalue weighted by molar-refractivity contribution is 5.42. The van der Waals surface area contributed by atoms with Crippen molar-refractivity contribution in [3.63, 3.8) is 0 Å². The van der Waals surface area contributed by atoms with E-state index in [4.69, 9.17) is 0 Å². The minimum Gasteiger partial charge on any atom is -0.347 e. The quantitative estimate of drug-likeness (QED) is 0.865. The molecule has 1 aromatic carbocycles. The summed E-state index contributed by atoms with van der Waals surface area (Å²) in [6, 6.07) is 8.61. The summed E-state index contributed by atoms with van der Waals surface area (Å²) < 4.78 is 2.05. The van der Waals surface area contributed by atoms with Crippen LogP contribution in [0.5, 0.6) is 0 Å². The highest BCUT2D eigenvalue weighted by atomic mass is 15.5. The van der Waals surface area contributed by atoms with Crippen LogP contribution in [-0.4, -0.2) is 20.6 Å². The van der Waals surface area contributed by atoms with Crippen LogP contribution in [0.4, 0.5) is 5.95 Å². The Hall–Kier alpha value is -2.23. The van der Waals surface area contributed by atoms with Crippen molar-refractivity contribution in [1.82, 2.24) is 14.5 Å². The Bertz CT molecular complexity index is 699. The standard InChI is InChI=1S/C18H24N4/c1-14-8-6-7-9-16(14)18(3,4)22-13-12-21(15(22)2)17-19-10-11-20(17)5/h6-13,15H,1-5H3/t15-/m1/s1. The van der Waals surface area contributed by atoms with Crippen LogP contribution in [0.1, 0.15) is 31.9 Å². The maximum atomic E-state index is 4.47. The highest BCUT2D eigenvalue weighted by Gasteiger charge is 2.37. The lowest BCUT2D eigenvalue weighted by Gasteiger charge is -2.42. The van der Waals surface area contributed by atoms with E-state index in [1.54, 1.807) is 0 Å². The third-order valence-corrected chi connectivity index (χ3v) is 4.67. The first kappa shape index (κ1) is 14.7. The van der Waals surface area contributed by atoms with E-state index in [0.29, 0.717) is 0 Å². The van der Waals surface area contributed by atoms with Crippen molar-refractivity contribution in [2.24, 2.45) is 7.05 Å². The minimum atomic E-state index is -0.0822. The van der Waals surface area contributed by atoms with Crippen LogP contribution >= 0.6 is 0 Å². The van der Waals surface area contributed by atoms with Gasteiger partial charge in [0, 0.05) is 31.8 Å². The Morgan fingerprint density at radius 1 is 1.14 bits per heavy atom. The molecule has 1 atom stereocenters. The molecule has 0 radical (unpaired) electrons. The van der Waals surface area contributed by atoms with Gasteiger partial charge in [-0.05, 0) is 38.8 Å². The summed E-state index contributed by atoms with van der Waals surface area (Å²) in [4.78, 5) is 9.07. The van der Waals surface area contributed by atoms with Crippen LogP contribution in [0.15, 0.2) is 49.1 Å². The molecule has 22 heavy (non-hydrogen) atoms. The second-order valence-corrected chi connectivity index (χ2v) is 6.46. The van der Waals surface area contributed by atoms with Crippen LogP contribution < -0.4 is 4.90 Å². The second-order valence-electron chi connectivity index (χ2n) is 6.46. The van der Waals surface area contributed by atoms with Crippen LogP contribution in [0.3, 0.4) is 0 Å². The van der Waals surface area contributed by atoms with E-state index >= 15 is 0 Å². The third kappa shape index (κ3) is 2.19. The lowest BCUT2D eigenvalue weighted by atomic mass is 9.88. The summed E-state index contributed by atoms with van der Waals surface area (Å²) in [6.45, 7) is 8.95. The SMILES string of the molecule is Cc1ccccc1C(C)(C)N1C=CN(c2nccn2C)[C@H]1C. The Balaban J connectivity index is 1.92. The molecule has 0 spiro atoms.